The quantitative estimate of drug-likeness (QED) is 0.135. The first-order valence-electron chi connectivity index (χ1n) is 11.2. The number of halogens is 2. The predicted octanol–water partition coefficient (Wildman–Crippen LogP) is 7.11. The van der Waals surface area contributed by atoms with Gasteiger partial charge in [-0.3, -0.25) is 4.79 Å². The van der Waals surface area contributed by atoms with Gasteiger partial charge in [0.25, 0.3) is 5.91 Å². The van der Waals surface area contributed by atoms with Crippen LogP contribution in [0, 0.1) is 20.7 Å². The van der Waals surface area contributed by atoms with Gasteiger partial charge >= 0.3 is 0 Å². The molecule has 1 N–H and O–H groups in total. The summed E-state index contributed by atoms with van der Waals surface area (Å²) >= 11 is 2.14. The van der Waals surface area contributed by atoms with Crippen LogP contribution in [0.2, 0.25) is 0 Å². The molecule has 0 aliphatic carbocycles. The lowest BCUT2D eigenvalue weighted by molar-refractivity contribution is -0.112. The summed E-state index contributed by atoms with van der Waals surface area (Å²) in [6, 6.07) is 25.5. The average molecular weight is 592 g/mol. The number of anilines is 1. The summed E-state index contributed by atoms with van der Waals surface area (Å²) in [6.45, 7) is 2.63. The van der Waals surface area contributed by atoms with Crippen LogP contribution in [0.15, 0.2) is 84.4 Å². The van der Waals surface area contributed by atoms with Gasteiger partial charge in [-0.15, -0.1) is 0 Å². The highest BCUT2D eigenvalue weighted by Gasteiger charge is 2.15. The van der Waals surface area contributed by atoms with E-state index in [1.54, 1.807) is 18.2 Å². The van der Waals surface area contributed by atoms with Gasteiger partial charge < -0.3 is 14.8 Å². The molecule has 0 atom stereocenters. The van der Waals surface area contributed by atoms with Crippen molar-refractivity contribution in [2.24, 2.45) is 0 Å². The zero-order valence-electron chi connectivity index (χ0n) is 19.4. The number of hydrogen-bond donors (Lipinski definition) is 1. The molecule has 0 heterocycles. The number of ether oxygens (including phenoxy) is 2. The topological polar surface area (TPSA) is 71.3 Å². The van der Waals surface area contributed by atoms with E-state index in [0.29, 0.717) is 30.3 Å². The van der Waals surface area contributed by atoms with E-state index in [0.717, 1.165) is 19.9 Å². The third-order valence-electron chi connectivity index (χ3n) is 5.33. The molecular formula is C29H22FIN2O3. The highest BCUT2D eigenvalue weighted by atomic mass is 127. The lowest BCUT2D eigenvalue weighted by Crippen LogP contribution is -2.14. The highest BCUT2D eigenvalue weighted by molar-refractivity contribution is 14.1. The number of carbonyl (C=O) groups excluding carboxylic acids is 1. The van der Waals surface area contributed by atoms with Gasteiger partial charge in [-0.1, -0.05) is 48.5 Å². The second kappa shape index (κ2) is 11.7. The van der Waals surface area contributed by atoms with Crippen molar-refractivity contribution in [3.8, 4) is 17.6 Å². The molecule has 4 aromatic rings. The maximum Gasteiger partial charge on any atom is 0.266 e. The van der Waals surface area contributed by atoms with Crippen LogP contribution in [0.3, 0.4) is 0 Å². The number of amides is 1. The molecule has 4 aromatic carbocycles. The Labute approximate surface area is 222 Å². The first kappa shape index (κ1) is 25.2. The van der Waals surface area contributed by atoms with Crippen molar-refractivity contribution in [2.75, 3.05) is 11.9 Å². The van der Waals surface area contributed by atoms with Crippen molar-refractivity contribution in [1.29, 1.82) is 5.26 Å². The van der Waals surface area contributed by atoms with E-state index >= 15 is 0 Å². The Balaban J connectivity index is 1.57. The molecule has 0 bridgehead atoms. The number of carbonyl (C=O) groups is 1. The molecule has 180 valence electrons. The molecule has 7 heteroatoms. The summed E-state index contributed by atoms with van der Waals surface area (Å²) in [5, 5.41) is 14.3. The van der Waals surface area contributed by atoms with Gasteiger partial charge in [0.2, 0.25) is 0 Å². The van der Waals surface area contributed by atoms with Crippen LogP contribution in [-0.4, -0.2) is 12.5 Å². The molecular weight excluding hydrogens is 570 g/mol. The van der Waals surface area contributed by atoms with E-state index in [2.05, 4.69) is 52.2 Å². The van der Waals surface area contributed by atoms with E-state index in [1.807, 2.05) is 31.2 Å². The van der Waals surface area contributed by atoms with E-state index in [4.69, 9.17) is 9.47 Å². The third kappa shape index (κ3) is 6.01. The van der Waals surface area contributed by atoms with Crippen LogP contribution in [0.1, 0.15) is 18.1 Å². The Bertz CT molecular complexity index is 1490. The number of para-hydroxylation sites is 1. The van der Waals surface area contributed by atoms with Gasteiger partial charge in [0.05, 0.1) is 15.9 Å². The van der Waals surface area contributed by atoms with Crippen molar-refractivity contribution >= 4 is 51.0 Å². The van der Waals surface area contributed by atoms with Gasteiger partial charge in [0.1, 0.15) is 24.1 Å². The summed E-state index contributed by atoms with van der Waals surface area (Å²) in [7, 11) is 0. The van der Waals surface area contributed by atoms with Crippen molar-refractivity contribution < 1.29 is 18.7 Å². The average Bonchev–Trinajstić information content (AvgIpc) is 2.88. The number of nitrogens with one attached hydrogen (secondary N) is 1. The fraction of sp³-hybridized carbons (Fsp3) is 0.103. The third-order valence-corrected chi connectivity index (χ3v) is 6.13. The van der Waals surface area contributed by atoms with Crippen molar-refractivity contribution in [3.63, 3.8) is 0 Å². The van der Waals surface area contributed by atoms with Gasteiger partial charge in [0.15, 0.2) is 11.5 Å². The summed E-state index contributed by atoms with van der Waals surface area (Å²) in [4.78, 5) is 12.6. The van der Waals surface area contributed by atoms with Gasteiger partial charge in [-0.05, 0) is 87.8 Å². The van der Waals surface area contributed by atoms with Crippen LogP contribution in [0.5, 0.6) is 11.5 Å². The normalized spacial score (nSPS) is 11.1. The van der Waals surface area contributed by atoms with Gasteiger partial charge in [-0.25, -0.2) is 4.39 Å². The summed E-state index contributed by atoms with van der Waals surface area (Å²) < 4.78 is 26.6. The lowest BCUT2D eigenvalue weighted by Gasteiger charge is -2.15. The number of hydrogen-bond acceptors (Lipinski definition) is 4. The van der Waals surface area contributed by atoms with E-state index < -0.39 is 11.7 Å². The van der Waals surface area contributed by atoms with Crippen molar-refractivity contribution in [2.45, 2.75) is 13.5 Å². The standard InChI is InChI=1S/C29H22FIN2O3/c1-2-35-27-16-20(14-23(17-32)29(34)33-26-10-6-5-9-24(26)30)15-25(31)28(27)36-18-19-11-12-21-7-3-4-8-22(21)13-19/h3-16H,2,18H2,1H3,(H,33,34)/b23-14-. The van der Waals surface area contributed by atoms with Crippen molar-refractivity contribution in [1.82, 2.24) is 0 Å². The molecule has 0 aliphatic heterocycles. The highest BCUT2D eigenvalue weighted by Crippen LogP contribution is 2.36. The van der Waals surface area contributed by atoms with Crippen LogP contribution in [-0.2, 0) is 11.4 Å². The minimum atomic E-state index is -0.702. The smallest absolute Gasteiger partial charge is 0.266 e. The molecule has 0 unspecified atom stereocenters. The minimum absolute atomic E-state index is 0.00525. The van der Waals surface area contributed by atoms with E-state index in [1.165, 1.54) is 24.3 Å². The molecule has 0 saturated heterocycles. The number of nitriles is 1. The zero-order valence-corrected chi connectivity index (χ0v) is 21.6. The fourth-order valence-electron chi connectivity index (χ4n) is 3.63. The molecule has 5 nitrogen and oxygen atoms in total. The molecule has 0 aromatic heterocycles. The molecule has 0 spiro atoms. The maximum atomic E-state index is 13.9. The zero-order chi connectivity index (χ0) is 25.5. The number of nitrogens with zero attached hydrogens (tertiary/aromatic N) is 1. The largest absolute Gasteiger partial charge is 0.490 e. The van der Waals surface area contributed by atoms with Gasteiger partial charge in [-0.2, -0.15) is 5.26 Å². The van der Waals surface area contributed by atoms with Gasteiger partial charge in [0, 0.05) is 0 Å². The first-order chi connectivity index (χ1) is 17.5. The summed E-state index contributed by atoms with van der Waals surface area (Å²) in [6.07, 6.45) is 1.44. The predicted molar refractivity (Wildman–Crippen MR) is 147 cm³/mol. The number of fused-ring (bicyclic) bond motifs is 1. The molecule has 4 rings (SSSR count). The fourth-order valence-corrected chi connectivity index (χ4v) is 4.41. The monoisotopic (exact) mass is 592 g/mol. The van der Waals surface area contributed by atoms with Crippen LogP contribution in [0.4, 0.5) is 10.1 Å². The maximum absolute atomic E-state index is 13.9. The Kier molecular flexibility index (Phi) is 8.18. The van der Waals surface area contributed by atoms with E-state index in [-0.39, 0.29) is 11.3 Å². The molecule has 1 amide bonds. The van der Waals surface area contributed by atoms with E-state index in [9.17, 15) is 14.4 Å². The molecule has 0 radical (unpaired) electrons. The second-order valence-corrected chi connectivity index (χ2v) is 9.00. The first-order valence-corrected chi connectivity index (χ1v) is 12.3. The van der Waals surface area contributed by atoms with Crippen molar-refractivity contribution in [3.05, 3.63) is 105 Å². The Morgan fingerprint density at radius 2 is 1.78 bits per heavy atom. The molecule has 0 aliphatic rings. The lowest BCUT2D eigenvalue weighted by atomic mass is 10.1. The Morgan fingerprint density at radius 3 is 2.53 bits per heavy atom. The second-order valence-electron chi connectivity index (χ2n) is 7.84. The Hall–Kier alpha value is -3.90. The minimum Gasteiger partial charge on any atom is -0.490 e. The molecule has 0 saturated carbocycles. The van der Waals surface area contributed by atoms with Crippen LogP contribution in [0.25, 0.3) is 16.8 Å². The Morgan fingerprint density at radius 1 is 1.03 bits per heavy atom. The summed E-state index contributed by atoms with van der Waals surface area (Å²) in [5.41, 5.74) is 1.45. The number of rotatable bonds is 8. The van der Waals surface area contributed by atoms with Crippen LogP contribution >= 0.6 is 22.6 Å². The summed E-state index contributed by atoms with van der Waals surface area (Å²) in [5.74, 6) is -0.197. The number of benzene rings is 4. The molecule has 0 fully saturated rings. The molecule has 36 heavy (non-hydrogen) atoms. The van der Waals surface area contributed by atoms with Crippen LogP contribution < -0.4 is 14.8 Å². The SMILES string of the molecule is CCOc1cc(/C=C(/C#N)C(=O)Nc2ccccc2F)cc(I)c1OCc1ccc2ccccc2c1.